The number of hydrogen-bond donors (Lipinski definition) is 2. The number of Topliss-reactive ketones (excluding diaryl/α,β-unsaturated/α-hetero) is 1. The van der Waals surface area contributed by atoms with Crippen LogP contribution < -0.4 is 0 Å². The summed E-state index contributed by atoms with van der Waals surface area (Å²) in [5.74, 6) is -2.88. The molecule has 5 rings (SSSR count). The molecule has 1 aliphatic rings. The Kier molecular flexibility index (Phi) is 6.43. The summed E-state index contributed by atoms with van der Waals surface area (Å²) in [4.78, 5) is 53.5. The number of H-pyrrole nitrogens is 2. The Morgan fingerprint density at radius 3 is 2.29 bits per heavy atom. The Bertz CT molecular complexity index is 1490. The van der Waals surface area contributed by atoms with E-state index in [1.54, 1.807) is 43.3 Å². The van der Waals surface area contributed by atoms with Gasteiger partial charge >= 0.3 is 11.9 Å². The van der Waals surface area contributed by atoms with E-state index >= 15 is 0 Å². The summed E-state index contributed by atoms with van der Waals surface area (Å²) in [7, 11) is 0. The number of ketones is 1. The SMILES string of the molecule is CCOC(=O)C1(CSc2nc3ccc(Cl)cc3[nH]2)OC(=O)C(=O)C1Sc1nc2ccc(Cl)cc2[nH]1. The van der Waals surface area contributed by atoms with Gasteiger partial charge in [-0.25, -0.2) is 19.6 Å². The highest BCUT2D eigenvalue weighted by atomic mass is 35.5. The molecule has 180 valence electrons. The summed E-state index contributed by atoms with van der Waals surface area (Å²) in [6, 6.07) is 10.3. The molecule has 0 spiro atoms. The van der Waals surface area contributed by atoms with E-state index in [4.69, 9.17) is 32.7 Å². The first kappa shape index (κ1) is 24.0. The van der Waals surface area contributed by atoms with Gasteiger partial charge in [0.05, 0.1) is 34.4 Å². The molecule has 1 fully saturated rings. The highest BCUT2D eigenvalue weighted by Crippen LogP contribution is 2.42. The zero-order chi connectivity index (χ0) is 24.7. The maximum atomic E-state index is 13.1. The van der Waals surface area contributed by atoms with Crippen molar-refractivity contribution in [3.05, 3.63) is 46.4 Å². The van der Waals surface area contributed by atoms with Gasteiger partial charge in [0.25, 0.3) is 5.78 Å². The van der Waals surface area contributed by atoms with Crippen LogP contribution in [0.5, 0.6) is 0 Å². The van der Waals surface area contributed by atoms with Crippen LogP contribution in [0.3, 0.4) is 0 Å². The molecular weight excluding hydrogens is 535 g/mol. The lowest BCUT2D eigenvalue weighted by Crippen LogP contribution is -2.51. The molecule has 3 heterocycles. The Balaban J connectivity index is 1.48. The molecule has 0 bridgehead atoms. The highest BCUT2D eigenvalue weighted by Gasteiger charge is 2.62. The van der Waals surface area contributed by atoms with Gasteiger partial charge in [-0.05, 0) is 43.3 Å². The van der Waals surface area contributed by atoms with E-state index in [1.807, 2.05) is 0 Å². The van der Waals surface area contributed by atoms with Gasteiger partial charge < -0.3 is 19.4 Å². The van der Waals surface area contributed by atoms with Crippen molar-refractivity contribution in [1.82, 2.24) is 19.9 Å². The van der Waals surface area contributed by atoms with E-state index in [0.29, 0.717) is 42.4 Å². The minimum absolute atomic E-state index is 0.0423. The molecule has 2 aromatic carbocycles. The first-order chi connectivity index (χ1) is 16.8. The number of imidazole rings is 2. The summed E-state index contributed by atoms with van der Waals surface area (Å²) in [6.45, 7) is 1.67. The zero-order valence-corrected chi connectivity index (χ0v) is 21.1. The van der Waals surface area contributed by atoms with Crippen molar-refractivity contribution in [3.8, 4) is 0 Å². The van der Waals surface area contributed by atoms with Crippen LogP contribution in [0.4, 0.5) is 0 Å². The van der Waals surface area contributed by atoms with Crippen molar-refractivity contribution in [2.45, 2.75) is 28.1 Å². The normalized spacial score (nSPS) is 20.0. The number of ether oxygens (including phenoxy) is 2. The molecule has 9 nitrogen and oxygen atoms in total. The Labute approximate surface area is 216 Å². The average Bonchev–Trinajstić information content (AvgIpc) is 3.48. The highest BCUT2D eigenvalue weighted by molar-refractivity contribution is 8.01. The molecular formula is C22H16Cl2N4O5S2. The van der Waals surface area contributed by atoms with Gasteiger partial charge in [0.15, 0.2) is 10.3 Å². The summed E-state index contributed by atoms with van der Waals surface area (Å²) in [5, 5.41) is 0.619. The summed E-state index contributed by atoms with van der Waals surface area (Å²) >= 11 is 14.1. The number of cyclic esters (lactones) is 1. The Morgan fingerprint density at radius 2 is 1.66 bits per heavy atom. The second kappa shape index (κ2) is 9.38. The third-order valence-electron chi connectivity index (χ3n) is 5.26. The van der Waals surface area contributed by atoms with Crippen molar-refractivity contribution < 1.29 is 23.9 Å². The summed E-state index contributed by atoms with van der Waals surface area (Å²) < 4.78 is 10.7. The molecule has 4 aromatic rings. The zero-order valence-electron chi connectivity index (χ0n) is 18.0. The van der Waals surface area contributed by atoms with Gasteiger partial charge in [-0.3, -0.25) is 4.79 Å². The molecule has 2 atom stereocenters. The van der Waals surface area contributed by atoms with Crippen molar-refractivity contribution in [1.29, 1.82) is 0 Å². The third kappa shape index (κ3) is 4.49. The van der Waals surface area contributed by atoms with Crippen LogP contribution in [0.15, 0.2) is 46.7 Å². The predicted molar refractivity (Wildman–Crippen MR) is 133 cm³/mol. The number of benzene rings is 2. The van der Waals surface area contributed by atoms with E-state index in [1.165, 1.54) is 0 Å². The van der Waals surface area contributed by atoms with E-state index < -0.39 is 28.6 Å². The maximum Gasteiger partial charge on any atom is 0.377 e. The fourth-order valence-electron chi connectivity index (χ4n) is 3.63. The number of fused-ring (bicyclic) bond motifs is 2. The molecule has 2 N–H and O–H groups in total. The molecule has 2 aromatic heterocycles. The van der Waals surface area contributed by atoms with Gasteiger partial charge in [-0.1, -0.05) is 46.7 Å². The number of nitrogens with zero attached hydrogens (tertiary/aromatic N) is 2. The molecule has 0 saturated carbocycles. The van der Waals surface area contributed by atoms with Crippen LogP contribution in [0.1, 0.15) is 6.92 Å². The lowest BCUT2D eigenvalue weighted by atomic mass is 10.0. The largest absolute Gasteiger partial charge is 0.463 e. The number of hydrogen-bond acceptors (Lipinski definition) is 9. The van der Waals surface area contributed by atoms with Crippen molar-refractivity contribution >= 4 is 86.5 Å². The number of esters is 2. The molecule has 0 amide bonds. The average molecular weight is 551 g/mol. The standard InChI is InChI=1S/C22H16Cl2N4O5S2/c1-2-32-19(31)22(9-34-20-25-12-5-3-10(23)7-14(12)27-20)17(16(29)18(30)33-22)35-21-26-13-6-4-11(24)8-15(13)28-21/h3-8,17H,2,9H2,1H3,(H,25,27)(H,26,28). The van der Waals surface area contributed by atoms with Crippen LogP contribution in [0, 0.1) is 0 Å². The minimum Gasteiger partial charge on any atom is -0.463 e. The molecule has 13 heteroatoms. The van der Waals surface area contributed by atoms with Crippen molar-refractivity contribution in [2.75, 3.05) is 12.4 Å². The van der Waals surface area contributed by atoms with Crippen molar-refractivity contribution in [3.63, 3.8) is 0 Å². The van der Waals surface area contributed by atoms with Gasteiger partial charge in [0.2, 0.25) is 5.60 Å². The summed E-state index contributed by atoms with van der Waals surface area (Å²) in [6.07, 6.45) is 0. The molecule has 0 radical (unpaired) electrons. The fraction of sp³-hybridized carbons (Fsp3) is 0.227. The quantitative estimate of drug-likeness (QED) is 0.195. The number of nitrogens with one attached hydrogen (secondary N) is 2. The van der Waals surface area contributed by atoms with Crippen LogP contribution in [0.25, 0.3) is 22.1 Å². The monoisotopic (exact) mass is 550 g/mol. The van der Waals surface area contributed by atoms with E-state index in [9.17, 15) is 14.4 Å². The smallest absolute Gasteiger partial charge is 0.377 e. The molecule has 1 saturated heterocycles. The molecule has 1 aliphatic heterocycles. The number of carbonyl (C=O) groups excluding carboxylic acids is 3. The van der Waals surface area contributed by atoms with Gasteiger partial charge in [-0.2, -0.15) is 0 Å². The lowest BCUT2D eigenvalue weighted by Gasteiger charge is -2.28. The molecule has 35 heavy (non-hydrogen) atoms. The number of halogens is 2. The summed E-state index contributed by atoms with van der Waals surface area (Å²) in [5.41, 5.74) is 0.763. The molecule has 0 aliphatic carbocycles. The second-order valence-corrected chi connectivity index (χ2v) is 10.5. The number of rotatable bonds is 7. The first-order valence-electron chi connectivity index (χ1n) is 10.3. The van der Waals surface area contributed by atoms with Gasteiger partial charge in [-0.15, -0.1) is 0 Å². The first-order valence-corrected chi connectivity index (χ1v) is 13.0. The number of aromatic amines is 2. The van der Waals surface area contributed by atoms with Crippen LogP contribution in [-0.2, 0) is 23.9 Å². The third-order valence-corrected chi connectivity index (χ3v) is 8.01. The molecule has 2 unspecified atom stereocenters. The number of aromatic nitrogens is 4. The van der Waals surface area contributed by atoms with Gasteiger partial charge in [0.1, 0.15) is 5.25 Å². The van der Waals surface area contributed by atoms with E-state index in [0.717, 1.165) is 23.5 Å². The van der Waals surface area contributed by atoms with E-state index in [2.05, 4.69) is 19.9 Å². The maximum absolute atomic E-state index is 13.1. The van der Waals surface area contributed by atoms with E-state index in [-0.39, 0.29) is 12.4 Å². The number of thioether (sulfide) groups is 2. The van der Waals surface area contributed by atoms with Crippen molar-refractivity contribution in [2.24, 2.45) is 0 Å². The number of carbonyl (C=O) groups is 3. The Hall–Kier alpha value is -2.73. The van der Waals surface area contributed by atoms with Crippen LogP contribution >= 0.6 is 46.7 Å². The van der Waals surface area contributed by atoms with Crippen LogP contribution in [0.2, 0.25) is 10.0 Å². The second-order valence-electron chi connectivity index (χ2n) is 7.56. The minimum atomic E-state index is -1.88. The Morgan fingerprint density at radius 1 is 1.06 bits per heavy atom. The lowest BCUT2D eigenvalue weighted by molar-refractivity contribution is -0.171. The predicted octanol–water partition coefficient (Wildman–Crippen LogP) is 4.43. The van der Waals surface area contributed by atoms with Gasteiger partial charge in [0, 0.05) is 10.0 Å². The van der Waals surface area contributed by atoms with Crippen LogP contribution in [-0.4, -0.2) is 60.9 Å². The topological polar surface area (TPSA) is 127 Å². The fourth-order valence-corrected chi connectivity index (χ4v) is 6.28.